The number of anilines is 1. The highest BCUT2D eigenvalue weighted by Crippen LogP contribution is 2.45. The molecule has 0 bridgehead atoms. The zero-order valence-electron chi connectivity index (χ0n) is 19.4. The van der Waals surface area contributed by atoms with Crippen molar-refractivity contribution in [3.8, 4) is 5.75 Å². The molecule has 2 aromatic heterocycles. The number of aliphatic hydroxyl groups excluding tert-OH is 1. The maximum atomic E-state index is 13.2. The topological polar surface area (TPSA) is 106 Å². The lowest BCUT2D eigenvalue weighted by Crippen LogP contribution is -2.29. The number of carbonyl (C=O) groups excluding carboxylic acids is 3. The number of aryl methyl sites for hydroxylation is 1. The predicted octanol–water partition coefficient (Wildman–Crippen LogP) is 5.10. The van der Waals surface area contributed by atoms with Crippen LogP contribution in [0.15, 0.2) is 47.4 Å². The molecular weight excluding hydrogens is 488 g/mol. The monoisotopic (exact) mass is 512 g/mol. The van der Waals surface area contributed by atoms with Crippen LogP contribution in [0.3, 0.4) is 0 Å². The van der Waals surface area contributed by atoms with Crippen molar-refractivity contribution in [1.29, 1.82) is 0 Å². The molecule has 182 valence electrons. The van der Waals surface area contributed by atoms with Gasteiger partial charge in [-0.1, -0.05) is 24.3 Å². The number of rotatable bonds is 8. The van der Waals surface area contributed by atoms with E-state index in [0.717, 1.165) is 17.8 Å². The van der Waals surface area contributed by atoms with Crippen molar-refractivity contribution in [2.45, 2.75) is 33.2 Å². The van der Waals surface area contributed by atoms with E-state index in [1.165, 1.54) is 16.2 Å². The van der Waals surface area contributed by atoms with Crippen molar-refractivity contribution in [1.82, 2.24) is 4.98 Å². The number of hydrogen-bond acceptors (Lipinski definition) is 9. The maximum Gasteiger partial charge on any atom is 0.350 e. The quantitative estimate of drug-likeness (QED) is 0.194. The first kappa shape index (κ1) is 24.6. The van der Waals surface area contributed by atoms with Gasteiger partial charge >= 0.3 is 11.9 Å². The van der Waals surface area contributed by atoms with Gasteiger partial charge in [-0.15, -0.1) is 11.3 Å². The Morgan fingerprint density at radius 1 is 1.17 bits per heavy atom. The highest BCUT2D eigenvalue weighted by molar-refractivity contribution is 7.18. The molecule has 8 nitrogen and oxygen atoms in total. The lowest BCUT2D eigenvalue weighted by molar-refractivity contribution is -0.132. The molecule has 35 heavy (non-hydrogen) atoms. The molecule has 1 fully saturated rings. The predicted molar refractivity (Wildman–Crippen MR) is 134 cm³/mol. The Morgan fingerprint density at radius 3 is 2.54 bits per heavy atom. The van der Waals surface area contributed by atoms with Crippen molar-refractivity contribution in [3.63, 3.8) is 0 Å². The molecule has 0 spiro atoms. The number of amides is 1. The molecule has 0 saturated carbocycles. The second kappa shape index (κ2) is 10.4. The number of thiazole rings is 1. The van der Waals surface area contributed by atoms with Crippen LogP contribution in [0.4, 0.5) is 5.13 Å². The molecule has 1 saturated heterocycles. The van der Waals surface area contributed by atoms with Crippen LogP contribution in [0.5, 0.6) is 5.75 Å². The van der Waals surface area contributed by atoms with Gasteiger partial charge in [-0.2, -0.15) is 0 Å². The molecule has 0 radical (unpaired) electrons. The Labute approximate surface area is 210 Å². The van der Waals surface area contributed by atoms with Gasteiger partial charge in [0.25, 0.3) is 5.78 Å². The van der Waals surface area contributed by atoms with Gasteiger partial charge in [0.15, 0.2) is 5.13 Å². The smallest absolute Gasteiger partial charge is 0.350 e. The summed E-state index contributed by atoms with van der Waals surface area (Å²) in [7, 11) is 0. The van der Waals surface area contributed by atoms with Crippen molar-refractivity contribution < 1.29 is 29.0 Å². The maximum absolute atomic E-state index is 13.2. The van der Waals surface area contributed by atoms with Crippen molar-refractivity contribution in [3.05, 3.63) is 68.4 Å². The molecule has 1 N–H and O–H groups in total. The lowest BCUT2D eigenvalue weighted by Gasteiger charge is -2.21. The minimum atomic E-state index is -0.883. The molecule has 1 unspecified atom stereocenters. The Balaban J connectivity index is 1.79. The third kappa shape index (κ3) is 4.71. The van der Waals surface area contributed by atoms with Crippen LogP contribution in [-0.2, 0) is 14.3 Å². The summed E-state index contributed by atoms with van der Waals surface area (Å²) in [6, 6.07) is 9.41. The Bertz CT molecular complexity index is 1280. The van der Waals surface area contributed by atoms with Gasteiger partial charge in [-0.3, -0.25) is 14.5 Å². The molecule has 3 aromatic rings. The van der Waals surface area contributed by atoms with Crippen molar-refractivity contribution in [2.75, 3.05) is 18.1 Å². The number of hydrogen-bond donors (Lipinski definition) is 1. The number of carbonyl (C=O) groups is 3. The molecule has 1 aliphatic rings. The number of benzene rings is 1. The van der Waals surface area contributed by atoms with E-state index in [-0.39, 0.29) is 27.9 Å². The van der Waals surface area contributed by atoms with Gasteiger partial charge in [0.2, 0.25) is 0 Å². The first-order chi connectivity index (χ1) is 16.9. The van der Waals surface area contributed by atoms with Gasteiger partial charge in [-0.25, -0.2) is 9.78 Å². The van der Waals surface area contributed by atoms with E-state index >= 15 is 0 Å². The normalized spacial score (nSPS) is 17.1. The molecule has 4 rings (SSSR count). The average molecular weight is 513 g/mol. The first-order valence-corrected chi connectivity index (χ1v) is 12.8. The number of ketones is 1. The summed E-state index contributed by atoms with van der Waals surface area (Å²) in [4.78, 5) is 45.3. The molecule has 0 aliphatic carbocycles. The van der Waals surface area contributed by atoms with Crippen LogP contribution in [0.25, 0.3) is 5.76 Å². The summed E-state index contributed by atoms with van der Waals surface area (Å²) in [5.41, 5.74) is 0.749. The molecule has 1 atom stereocenters. The molecule has 1 aromatic carbocycles. The van der Waals surface area contributed by atoms with Gasteiger partial charge in [0, 0.05) is 10.4 Å². The largest absolute Gasteiger partial charge is 0.507 e. The standard InChI is InChI=1S/C25H24N2O6S2/c1-4-12-33-16-10-8-15(9-11-16)20(28)18-19(17-7-6-13-34-17)27(23(30)21(18)29)25-26-14(3)22(35-25)24(31)32-5-2/h6-11,13,19,28H,4-5,12H2,1-3H3/b20-18+. The summed E-state index contributed by atoms with van der Waals surface area (Å²) in [6.07, 6.45) is 0.861. The number of Topliss-reactive ketones (excluding diaryl/α,β-unsaturated/α-hetero) is 1. The molecule has 3 heterocycles. The highest BCUT2D eigenvalue weighted by atomic mass is 32.1. The number of aliphatic hydroxyl groups is 1. The zero-order chi connectivity index (χ0) is 25.1. The summed E-state index contributed by atoms with van der Waals surface area (Å²) < 4.78 is 10.7. The summed E-state index contributed by atoms with van der Waals surface area (Å²) in [6.45, 7) is 6.12. The van der Waals surface area contributed by atoms with Gasteiger partial charge in [0.05, 0.1) is 24.5 Å². The molecule has 1 aliphatic heterocycles. The Hall–Kier alpha value is -3.50. The molecule has 1 amide bonds. The Morgan fingerprint density at radius 2 is 1.91 bits per heavy atom. The number of aromatic nitrogens is 1. The third-order valence-corrected chi connectivity index (χ3v) is 7.37. The van der Waals surface area contributed by atoms with Crippen LogP contribution in [0.1, 0.15) is 52.1 Å². The van der Waals surface area contributed by atoms with Crippen LogP contribution in [-0.4, -0.2) is 41.0 Å². The summed E-state index contributed by atoms with van der Waals surface area (Å²) in [5.74, 6) is -1.83. The van der Waals surface area contributed by atoms with E-state index in [1.807, 2.05) is 12.3 Å². The third-order valence-electron chi connectivity index (χ3n) is 5.31. The van der Waals surface area contributed by atoms with E-state index in [1.54, 1.807) is 50.2 Å². The molecule has 10 heteroatoms. The van der Waals surface area contributed by atoms with E-state index < -0.39 is 23.7 Å². The van der Waals surface area contributed by atoms with Gasteiger partial charge in [0.1, 0.15) is 22.4 Å². The van der Waals surface area contributed by atoms with Crippen LogP contribution in [0.2, 0.25) is 0 Å². The van der Waals surface area contributed by atoms with E-state index in [4.69, 9.17) is 9.47 Å². The fraction of sp³-hybridized carbons (Fsp3) is 0.280. The number of nitrogens with zero attached hydrogens (tertiary/aromatic N) is 2. The average Bonchev–Trinajstić information content (AvgIpc) is 3.57. The fourth-order valence-electron chi connectivity index (χ4n) is 3.70. The van der Waals surface area contributed by atoms with E-state index in [0.29, 0.717) is 28.5 Å². The number of esters is 1. The second-order valence-corrected chi connectivity index (χ2v) is 9.65. The summed E-state index contributed by atoms with van der Waals surface area (Å²) >= 11 is 2.33. The number of thiophene rings is 1. The van der Waals surface area contributed by atoms with Gasteiger partial charge < -0.3 is 14.6 Å². The van der Waals surface area contributed by atoms with Crippen molar-refractivity contribution in [2.24, 2.45) is 0 Å². The van der Waals surface area contributed by atoms with Crippen molar-refractivity contribution >= 4 is 51.2 Å². The molecular formula is C25H24N2O6S2. The van der Waals surface area contributed by atoms with E-state index in [9.17, 15) is 19.5 Å². The SMILES string of the molecule is CCCOc1ccc(/C(O)=C2\C(=O)C(=O)N(c3nc(C)c(C(=O)OCC)s3)C2c2cccs2)cc1. The van der Waals surface area contributed by atoms with Crippen LogP contribution in [0, 0.1) is 6.92 Å². The highest BCUT2D eigenvalue weighted by Gasteiger charge is 2.48. The lowest BCUT2D eigenvalue weighted by atomic mass is 10.00. The first-order valence-electron chi connectivity index (χ1n) is 11.1. The van der Waals surface area contributed by atoms with Crippen LogP contribution >= 0.6 is 22.7 Å². The van der Waals surface area contributed by atoms with E-state index in [2.05, 4.69) is 4.98 Å². The second-order valence-electron chi connectivity index (χ2n) is 7.69. The van der Waals surface area contributed by atoms with Crippen LogP contribution < -0.4 is 9.64 Å². The minimum Gasteiger partial charge on any atom is -0.507 e. The fourth-order valence-corrected chi connectivity index (χ4v) is 5.51. The zero-order valence-corrected chi connectivity index (χ0v) is 21.1. The summed E-state index contributed by atoms with van der Waals surface area (Å²) in [5, 5.41) is 13.2. The Kier molecular flexibility index (Phi) is 7.32. The minimum absolute atomic E-state index is 0.0368. The number of ether oxygens (including phenoxy) is 2. The van der Waals surface area contributed by atoms with Gasteiger partial charge in [-0.05, 0) is 56.0 Å².